The Morgan fingerprint density at radius 1 is 1.04 bits per heavy atom. The average molecular weight is 337 g/mol. The fourth-order valence-corrected chi connectivity index (χ4v) is 2.64. The Morgan fingerprint density at radius 3 is 2.58 bits per heavy atom. The number of carbonyl (C=O) groups excluding carboxylic acids is 1. The van der Waals surface area contributed by atoms with E-state index in [1.54, 1.807) is 23.9 Å². The predicted molar refractivity (Wildman–Crippen MR) is 96.0 cm³/mol. The molecule has 0 radical (unpaired) electrons. The van der Waals surface area contributed by atoms with Crippen molar-refractivity contribution in [1.29, 1.82) is 0 Å². The highest BCUT2D eigenvalue weighted by molar-refractivity contribution is 7.98. The lowest BCUT2D eigenvalue weighted by atomic mass is 10.3. The molecule has 1 heterocycles. The van der Waals surface area contributed by atoms with E-state index in [2.05, 4.69) is 10.4 Å². The van der Waals surface area contributed by atoms with Gasteiger partial charge in [-0.1, -0.05) is 24.3 Å². The number of carbonyl (C=O) groups is 1. The summed E-state index contributed by atoms with van der Waals surface area (Å²) < 4.78 is 1.22. The smallest absolute Gasteiger partial charge is 0.276 e. The minimum absolute atomic E-state index is 0.174. The Kier molecular flexibility index (Phi) is 4.77. The normalized spacial score (nSPS) is 10.4. The van der Waals surface area contributed by atoms with Crippen LogP contribution in [-0.2, 0) is 0 Å². The van der Waals surface area contributed by atoms with E-state index in [9.17, 15) is 9.59 Å². The van der Waals surface area contributed by atoms with Gasteiger partial charge in [0.1, 0.15) is 5.69 Å². The third-order valence-corrected chi connectivity index (χ3v) is 4.09. The second-order valence-electron chi connectivity index (χ2n) is 4.99. The van der Waals surface area contributed by atoms with Crippen molar-refractivity contribution in [1.82, 2.24) is 9.78 Å². The van der Waals surface area contributed by atoms with Crippen LogP contribution < -0.4 is 10.9 Å². The van der Waals surface area contributed by atoms with Gasteiger partial charge in [-0.2, -0.15) is 9.78 Å². The van der Waals surface area contributed by atoms with Gasteiger partial charge in [0.15, 0.2) is 0 Å². The number of rotatable bonds is 4. The summed E-state index contributed by atoms with van der Waals surface area (Å²) in [4.78, 5) is 25.5. The van der Waals surface area contributed by atoms with Crippen LogP contribution in [0.15, 0.2) is 76.4 Å². The van der Waals surface area contributed by atoms with E-state index < -0.39 is 0 Å². The standard InChI is InChI=1S/C18H15N3O2S/c1-24-15-9-5-6-13(12-15)19-18(23)16-10-11-17(22)21(20-16)14-7-3-2-4-8-14/h2-12H,1H3,(H,19,23). The molecule has 1 N–H and O–H groups in total. The zero-order valence-corrected chi connectivity index (χ0v) is 13.8. The van der Waals surface area contributed by atoms with Crippen molar-refractivity contribution < 1.29 is 4.79 Å². The maximum absolute atomic E-state index is 12.4. The van der Waals surface area contributed by atoms with E-state index in [1.807, 2.05) is 48.7 Å². The molecule has 1 aromatic heterocycles. The number of thioether (sulfide) groups is 1. The molecular formula is C18H15N3O2S. The Balaban J connectivity index is 1.89. The average Bonchev–Trinajstić information content (AvgIpc) is 2.63. The first-order valence-electron chi connectivity index (χ1n) is 7.28. The molecule has 1 amide bonds. The van der Waals surface area contributed by atoms with Gasteiger partial charge >= 0.3 is 0 Å². The number of amides is 1. The Hall–Kier alpha value is -2.86. The molecular weight excluding hydrogens is 322 g/mol. The summed E-state index contributed by atoms with van der Waals surface area (Å²) in [6.07, 6.45) is 1.97. The van der Waals surface area contributed by atoms with Crippen LogP contribution >= 0.6 is 11.8 Å². The quantitative estimate of drug-likeness (QED) is 0.743. The van der Waals surface area contributed by atoms with Gasteiger partial charge in [0.2, 0.25) is 0 Å². The minimum Gasteiger partial charge on any atom is -0.321 e. The first-order chi connectivity index (χ1) is 11.7. The third kappa shape index (κ3) is 3.55. The van der Waals surface area contributed by atoms with Gasteiger partial charge in [-0.15, -0.1) is 11.8 Å². The second kappa shape index (κ2) is 7.14. The van der Waals surface area contributed by atoms with Crippen molar-refractivity contribution in [2.45, 2.75) is 4.90 Å². The second-order valence-corrected chi connectivity index (χ2v) is 5.87. The molecule has 120 valence electrons. The topological polar surface area (TPSA) is 64.0 Å². The lowest BCUT2D eigenvalue weighted by molar-refractivity contribution is 0.102. The van der Waals surface area contributed by atoms with E-state index in [0.717, 1.165) is 4.90 Å². The molecule has 0 bridgehead atoms. The molecule has 24 heavy (non-hydrogen) atoms. The monoisotopic (exact) mass is 337 g/mol. The molecule has 0 spiro atoms. The van der Waals surface area contributed by atoms with E-state index in [0.29, 0.717) is 11.4 Å². The number of para-hydroxylation sites is 1. The molecule has 3 aromatic rings. The van der Waals surface area contributed by atoms with Gasteiger partial charge in [0, 0.05) is 16.6 Å². The lowest BCUT2D eigenvalue weighted by Gasteiger charge is -2.08. The number of benzene rings is 2. The summed E-state index contributed by atoms with van der Waals surface area (Å²) >= 11 is 1.60. The molecule has 5 nitrogen and oxygen atoms in total. The van der Waals surface area contributed by atoms with Crippen LogP contribution in [0.1, 0.15) is 10.5 Å². The summed E-state index contributed by atoms with van der Waals surface area (Å²) in [6.45, 7) is 0. The largest absolute Gasteiger partial charge is 0.321 e. The summed E-state index contributed by atoms with van der Waals surface area (Å²) in [6, 6.07) is 19.3. The highest BCUT2D eigenvalue weighted by Gasteiger charge is 2.11. The van der Waals surface area contributed by atoms with Crippen molar-refractivity contribution in [3.05, 3.63) is 82.8 Å². The van der Waals surface area contributed by atoms with E-state index >= 15 is 0 Å². The van der Waals surface area contributed by atoms with Gasteiger partial charge in [-0.25, -0.2) is 0 Å². The highest BCUT2D eigenvalue weighted by Crippen LogP contribution is 2.19. The first-order valence-corrected chi connectivity index (χ1v) is 8.51. The molecule has 3 rings (SSSR count). The summed E-state index contributed by atoms with van der Waals surface area (Å²) in [5.41, 5.74) is 1.18. The Labute approximate surface area is 143 Å². The van der Waals surface area contributed by atoms with Crippen LogP contribution in [0, 0.1) is 0 Å². The Morgan fingerprint density at radius 2 is 1.83 bits per heavy atom. The molecule has 2 aromatic carbocycles. The van der Waals surface area contributed by atoms with E-state index in [-0.39, 0.29) is 17.2 Å². The molecule has 0 aliphatic rings. The molecule has 0 aliphatic heterocycles. The summed E-state index contributed by atoms with van der Waals surface area (Å²) in [5, 5.41) is 6.97. The van der Waals surface area contributed by atoms with E-state index in [1.165, 1.54) is 16.8 Å². The maximum atomic E-state index is 12.4. The van der Waals surface area contributed by atoms with Crippen molar-refractivity contribution in [2.24, 2.45) is 0 Å². The van der Waals surface area contributed by atoms with Crippen LogP contribution in [0.4, 0.5) is 5.69 Å². The van der Waals surface area contributed by atoms with Gasteiger partial charge in [0.25, 0.3) is 11.5 Å². The van der Waals surface area contributed by atoms with Crippen molar-refractivity contribution >= 4 is 23.4 Å². The van der Waals surface area contributed by atoms with Crippen molar-refractivity contribution in [2.75, 3.05) is 11.6 Å². The van der Waals surface area contributed by atoms with Gasteiger partial charge in [0.05, 0.1) is 5.69 Å². The first kappa shape index (κ1) is 16.0. The highest BCUT2D eigenvalue weighted by atomic mass is 32.2. The third-order valence-electron chi connectivity index (χ3n) is 3.36. The van der Waals surface area contributed by atoms with E-state index in [4.69, 9.17) is 0 Å². The number of anilines is 1. The van der Waals surface area contributed by atoms with Crippen LogP contribution in [0.2, 0.25) is 0 Å². The number of aromatic nitrogens is 2. The molecule has 0 unspecified atom stereocenters. The molecule has 0 atom stereocenters. The van der Waals surface area contributed by atoms with Crippen LogP contribution in [0.5, 0.6) is 0 Å². The summed E-state index contributed by atoms with van der Waals surface area (Å²) in [5.74, 6) is -0.363. The zero-order chi connectivity index (χ0) is 16.9. The minimum atomic E-state index is -0.363. The van der Waals surface area contributed by atoms with Crippen LogP contribution in [0.3, 0.4) is 0 Å². The van der Waals surface area contributed by atoms with Crippen LogP contribution in [0.25, 0.3) is 5.69 Å². The SMILES string of the molecule is CSc1cccc(NC(=O)c2ccc(=O)n(-c3ccccc3)n2)c1. The zero-order valence-electron chi connectivity index (χ0n) is 13.0. The van der Waals surface area contributed by atoms with Crippen LogP contribution in [-0.4, -0.2) is 21.9 Å². The van der Waals surface area contributed by atoms with Crippen molar-refractivity contribution in [3.8, 4) is 5.69 Å². The number of hydrogen-bond donors (Lipinski definition) is 1. The molecule has 0 saturated heterocycles. The molecule has 6 heteroatoms. The Bertz CT molecular complexity index is 923. The summed E-state index contributed by atoms with van der Waals surface area (Å²) in [7, 11) is 0. The maximum Gasteiger partial charge on any atom is 0.276 e. The number of nitrogens with one attached hydrogen (secondary N) is 1. The molecule has 0 saturated carbocycles. The molecule has 0 fully saturated rings. The fraction of sp³-hybridized carbons (Fsp3) is 0.0556. The van der Waals surface area contributed by atoms with Gasteiger partial charge < -0.3 is 5.32 Å². The van der Waals surface area contributed by atoms with Crippen molar-refractivity contribution in [3.63, 3.8) is 0 Å². The predicted octanol–water partition coefficient (Wildman–Crippen LogP) is 3.21. The number of hydrogen-bond acceptors (Lipinski definition) is 4. The van der Waals surface area contributed by atoms with Gasteiger partial charge in [-0.3, -0.25) is 9.59 Å². The number of nitrogens with zero attached hydrogens (tertiary/aromatic N) is 2. The van der Waals surface area contributed by atoms with Gasteiger partial charge in [-0.05, 0) is 42.7 Å². The fourth-order valence-electron chi connectivity index (χ4n) is 2.18. The molecule has 0 aliphatic carbocycles. The lowest BCUT2D eigenvalue weighted by Crippen LogP contribution is -2.24.